The van der Waals surface area contributed by atoms with Crippen molar-refractivity contribution in [1.82, 2.24) is 9.78 Å². The summed E-state index contributed by atoms with van der Waals surface area (Å²) >= 11 is 5.91. The molecule has 2 aromatic heterocycles. The van der Waals surface area contributed by atoms with Crippen molar-refractivity contribution in [2.45, 2.75) is 13.2 Å². The van der Waals surface area contributed by atoms with Gasteiger partial charge in [-0.3, -0.25) is 9.48 Å². The van der Waals surface area contributed by atoms with E-state index in [1.807, 2.05) is 24.3 Å². The van der Waals surface area contributed by atoms with Gasteiger partial charge in [0.05, 0.1) is 18.4 Å². The van der Waals surface area contributed by atoms with E-state index < -0.39 is 0 Å². The van der Waals surface area contributed by atoms with Crippen molar-refractivity contribution in [2.75, 3.05) is 12.1 Å². The molecule has 2 aromatic carbocycles. The van der Waals surface area contributed by atoms with Gasteiger partial charge >= 0.3 is 0 Å². The van der Waals surface area contributed by atoms with Crippen LogP contribution < -0.4 is 19.5 Å². The van der Waals surface area contributed by atoms with E-state index in [4.69, 9.17) is 30.2 Å². The van der Waals surface area contributed by atoms with Gasteiger partial charge in [0.15, 0.2) is 17.3 Å². The summed E-state index contributed by atoms with van der Waals surface area (Å²) in [6, 6.07) is 16.1. The standard InChI is InChI=1S/C23H18ClN3O5/c24-16-3-1-15(2-4-16)11-27-12-17(10-25-27)26-23(28)21-8-6-19(32-21)13-29-18-5-7-20-22(9-18)31-14-30-20/h1-10,12H,11,13-14H2,(H,26,28). The number of carbonyl (C=O) groups excluding carboxylic acids is 1. The lowest BCUT2D eigenvalue weighted by Crippen LogP contribution is -2.10. The summed E-state index contributed by atoms with van der Waals surface area (Å²) in [4.78, 5) is 12.5. The Kier molecular flexibility index (Phi) is 5.43. The summed E-state index contributed by atoms with van der Waals surface area (Å²) in [6.07, 6.45) is 3.33. The Morgan fingerprint density at radius 3 is 2.81 bits per heavy atom. The minimum absolute atomic E-state index is 0.173. The molecule has 0 aliphatic carbocycles. The molecule has 8 nitrogen and oxygen atoms in total. The highest BCUT2D eigenvalue weighted by atomic mass is 35.5. The number of halogens is 1. The van der Waals surface area contributed by atoms with E-state index in [2.05, 4.69) is 10.4 Å². The number of rotatable bonds is 7. The fraction of sp³-hybridized carbons (Fsp3) is 0.130. The number of furan rings is 1. The van der Waals surface area contributed by atoms with E-state index >= 15 is 0 Å². The molecule has 0 atom stereocenters. The summed E-state index contributed by atoms with van der Waals surface area (Å²) in [6.45, 7) is 0.941. The highest BCUT2D eigenvalue weighted by Gasteiger charge is 2.15. The Bertz CT molecular complexity index is 1250. The normalized spacial score (nSPS) is 12.0. The second-order valence-corrected chi connectivity index (χ2v) is 7.51. The summed E-state index contributed by atoms with van der Waals surface area (Å²) in [7, 11) is 0. The molecule has 0 unspecified atom stereocenters. The second kappa shape index (κ2) is 8.68. The maximum atomic E-state index is 12.5. The number of aromatic nitrogens is 2. The van der Waals surface area contributed by atoms with Gasteiger partial charge in [0.2, 0.25) is 6.79 Å². The molecule has 4 aromatic rings. The van der Waals surface area contributed by atoms with Crippen LogP contribution in [0.1, 0.15) is 21.9 Å². The van der Waals surface area contributed by atoms with Gasteiger partial charge in [-0.1, -0.05) is 23.7 Å². The van der Waals surface area contributed by atoms with Crippen molar-refractivity contribution in [3.63, 3.8) is 0 Å². The number of amides is 1. The van der Waals surface area contributed by atoms with Gasteiger partial charge in [-0.15, -0.1) is 0 Å². The molecule has 1 amide bonds. The molecule has 162 valence electrons. The van der Waals surface area contributed by atoms with Crippen molar-refractivity contribution >= 4 is 23.2 Å². The number of ether oxygens (including phenoxy) is 3. The van der Waals surface area contributed by atoms with Crippen molar-refractivity contribution in [1.29, 1.82) is 0 Å². The van der Waals surface area contributed by atoms with Crippen LogP contribution in [0.2, 0.25) is 5.02 Å². The third kappa shape index (κ3) is 4.55. The average molecular weight is 452 g/mol. The molecule has 32 heavy (non-hydrogen) atoms. The highest BCUT2D eigenvalue weighted by Crippen LogP contribution is 2.35. The van der Waals surface area contributed by atoms with Gasteiger partial charge in [-0.2, -0.15) is 5.10 Å². The van der Waals surface area contributed by atoms with Crippen LogP contribution in [0.3, 0.4) is 0 Å². The predicted octanol–water partition coefficient (Wildman–Crippen LogP) is 4.74. The van der Waals surface area contributed by atoms with Gasteiger partial charge in [-0.05, 0) is 42.0 Å². The highest BCUT2D eigenvalue weighted by molar-refractivity contribution is 6.30. The molecule has 1 aliphatic heterocycles. The predicted molar refractivity (Wildman–Crippen MR) is 116 cm³/mol. The Morgan fingerprint density at radius 1 is 1.09 bits per heavy atom. The van der Waals surface area contributed by atoms with Crippen molar-refractivity contribution < 1.29 is 23.4 Å². The second-order valence-electron chi connectivity index (χ2n) is 7.08. The Balaban J connectivity index is 1.16. The number of anilines is 1. The lowest BCUT2D eigenvalue weighted by molar-refractivity contribution is 0.0992. The van der Waals surface area contributed by atoms with E-state index in [0.29, 0.717) is 40.3 Å². The lowest BCUT2D eigenvalue weighted by Gasteiger charge is -2.05. The first-order chi connectivity index (χ1) is 15.6. The Hall–Kier alpha value is -3.91. The zero-order valence-corrected chi connectivity index (χ0v) is 17.5. The van der Waals surface area contributed by atoms with E-state index in [1.54, 1.807) is 47.4 Å². The van der Waals surface area contributed by atoms with Crippen molar-refractivity contribution in [3.8, 4) is 17.2 Å². The topological polar surface area (TPSA) is 87.8 Å². The maximum absolute atomic E-state index is 12.5. The molecule has 3 heterocycles. The van der Waals surface area contributed by atoms with Crippen LogP contribution in [-0.2, 0) is 13.2 Å². The lowest BCUT2D eigenvalue weighted by atomic mass is 10.2. The number of benzene rings is 2. The molecule has 0 saturated heterocycles. The van der Waals surface area contributed by atoms with Gasteiger partial charge < -0.3 is 23.9 Å². The van der Waals surface area contributed by atoms with Crippen LogP contribution in [0.4, 0.5) is 5.69 Å². The zero-order chi connectivity index (χ0) is 21.9. The molecule has 1 aliphatic rings. The van der Waals surface area contributed by atoms with E-state index in [-0.39, 0.29) is 25.1 Å². The largest absolute Gasteiger partial charge is 0.486 e. The third-order valence-corrected chi connectivity index (χ3v) is 5.01. The molecule has 0 saturated carbocycles. The number of nitrogens with zero attached hydrogens (tertiary/aromatic N) is 2. The van der Waals surface area contributed by atoms with Gasteiger partial charge in [0.25, 0.3) is 5.91 Å². The van der Waals surface area contributed by atoms with Crippen LogP contribution >= 0.6 is 11.6 Å². The SMILES string of the molecule is O=C(Nc1cnn(Cc2ccc(Cl)cc2)c1)c1ccc(COc2ccc3c(c2)OCO3)o1. The van der Waals surface area contributed by atoms with E-state index in [9.17, 15) is 4.79 Å². The molecule has 1 N–H and O–H groups in total. The Morgan fingerprint density at radius 2 is 1.94 bits per heavy atom. The fourth-order valence-electron chi connectivity index (χ4n) is 3.18. The number of hydrogen-bond donors (Lipinski definition) is 1. The molecule has 0 spiro atoms. The van der Waals surface area contributed by atoms with Gasteiger partial charge in [0.1, 0.15) is 18.1 Å². The molecule has 0 bridgehead atoms. The minimum atomic E-state index is -0.370. The molecule has 0 fully saturated rings. The number of fused-ring (bicyclic) bond motifs is 1. The quantitative estimate of drug-likeness (QED) is 0.436. The number of nitrogens with one attached hydrogen (secondary N) is 1. The fourth-order valence-corrected chi connectivity index (χ4v) is 3.31. The summed E-state index contributed by atoms with van der Waals surface area (Å²) in [5, 5.41) is 7.74. The molecule has 9 heteroatoms. The average Bonchev–Trinajstić information content (AvgIpc) is 3.54. The van der Waals surface area contributed by atoms with Gasteiger partial charge in [-0.25, -0.2) is 0 Å². The third-order valence-electron chi connectivity index (χ3n) is 4.76. The number of carbonyl (C=O) groups is 1. The van der Waals surface area contributed by atoms with Crippen LogP contribution in [0.5, 0.6) is 17.2 Å². The van der Waals surface area contributed by atoms with Crippen LogP contribution in [0, 0.1) is 0 Å². The van der Waals surface area contributed by atoms with Crippen LogP contribution in [-0.4, -0.2) is 22.5 Å². The van der Waals surface area contributed by atoms with E-state index in [0.717, 1.165) is 5.56 Å². The van der Waals surface area contributed by atoms with Crippen LogP contribution in [0.15, 0.2) is 71.4 Å². The van der Waals surface area contributed by atoms with Crippen molar-refractivity contribution in [2.24, 2.45) is 0 Å². The summed E-state index contributed by atoms with van der Waals surface area (Å²) in [5.74, 6) is 2.27. The van der Waals surface area contributed by atoms with Gasteiger partial charge in [0, 0.05) is 17.3 Å². The molecular formula is C23H18ClN3O5. The van der Waals surface area contributed by atoms with Crippen molar-refractivity contribution in [3.05, 3.63) is 89.1 Å². The first-order valence-electron chi connectivity index (χ1n) is 9.82. The monoisotopic (exact) mass is 451 g/mol. The summed E-state index contributed by atoms with van der Waals surface area (Å²) in [5.41, 5.74) is 1.62. The smallest absolute Gasteiger partial charge is 0.291 e. The number of hydrogen-bond acceptors (Lipinski definition) is 6. The van der Waals surface area contributed by atoms with E-state index in [1.165, 1.54) is 0 Å². The maximum Gasteiger partial charge on any atom is 0.291 e. The molecule has 5 rings (SSSR count). The van der Waals surface area contributed by atoms with Crippen LogP contribution in [0.25, 0.3) is 0 Å². The first-order valence-corrected chi connectivity index (χ1v) is 10.2. The Labute approximate surface area is 188 Å². The zero-order valence-electron chi connectivity index (χ0n) is 16.8. The summed E-state index contributed by atoms with van der Waals surface area (Å²) < 4.78 is 23.7. The first kappa shape index (κ1) is 20.0. The molecular weight excluding hydrogens is 434 g/mol. The molecule has 0 radical (unpaired) electrons. The minimum Gasteiger partial charge on any atom is -0.486 e.